The third-order valence-electron chi connectivity index (χ3n) is 13.1. The number of rotatable bonds is 0. The van der Waals surface area contributed by atoms with E-state index in [1.807, 2.05) is 0 Å². The van der Waals surface area contributed by atoms with E-state index in [2.05, 4.69) is 199 Å². The minimum Gasteiger partial charge on any atom is -0.0616 e. The SMILES string of the molecule is Cc1ccc(C)c2cc3cc4cc5cc6c(C)ccc(C)c6cc5cc4cc3cc12.Cc1ccc(C)c2cc3cc4cc5cc6ccccc6cc5cc4cc3cc12. The summed E-state index contributed by atoms with van der Waals surface area (Å²) in [6, 6.07) is 59.6. The second-order valence-corrected chi connectivity index (χ2v) is 17.0. The Morgan fingerprint density at radius 3 is 0.517 bits per heavy atom. The van der Waals surface area contributed by atoms with E-state index in [1.54, 1.807) is 0 Å². The topological polar surface area (TPSA) is 0 Å². The summed E-state index contributed by atoms with van der Waals surface area (Å²) in [6.45, 7) is 13.2. The third kappa shape index (κ3) is 5.58. The van der Waals surface area contributed by atoms with Gasteiger partial charge in [-0.1, -0.05) is 60.7 Å². The normalized spacial score (nSPS) is 12.0. The van der Waals surface area contributed by atoms with E-state index in [0.717, 1.165) is 0 Å². The number of aryl methyl sites for hydroxylation is 6. The smallest absolute Gasteiger partial charge is 0.0146 e. The highest BCUT2D eigenvalue weighted by Crippen LogP contribution is 2.36. The summed E-state index contributed by atoms with van der Waals surface area (Å²) in [5.41, 5.74) is 8.05. The molecular weight excluding hydrogens is 697 g/mol. The lowest BCUT2D eigenvalue weighted by atomic mass is 9.93. The minimum absolute atomic E-state index is 1.30. The van der Waals surface area contributed by atoms with Crippen LogP contribution in [0.1, 0.15) is 33.4 Å². The molecule has 0 saturated carbocycles. The molecule has 0 aliphatic heterocycles. The van der Waals surface area contributed by atoms with Crippen molar-refractivity contribution in [2.75, 3.05) is 0 Å². The van der Waals surface area contributed by atoms with Crippen LogP contribution >= 0.6 is 0 Å². The van der Waals surface area contributed by atoms with Crippen molar-refractivity contribution in [3.05, 3.63) is 191 Å². The van der Waals surface area contributed by atoms with Crippen LogP contribution in [-0.4, -0.2) is 0 Å². The summed E-state index contributed by atoms with van der Waals surface area (Å²) < 4.78 is 0. The first-order chi connectivity index (χ1) is 28.1. The maximum absolute atomic E-state index is 2.37. The molecule has 0 radical (unpaired) electrons. The molecule has 58 heavy (non-hydrogen) atoms. The van der Waals surface area contributed by atoms with E-state index in [0.29, 0.717) is 0 Å². The van der Waals surface area contributed by atoms with Crippen LogP contribution in [0.2, 0.25) is 0 Å². The average Bonchev–Trinajstić information content (AvgIpc) is 3.23. The Labute approximate surface area is 339 Å². The first-order valence-electron chi connectivity index (χ1n) is 20.5. The fourth-order valence-electron chi connectivity index (χ4n) is 9.59. The molecule has 0 fully saturated rings. The number of hydrogen-bond donors (Lipinski definition) is 0. The van der Waals surface area contributed by atoms with Crippen molar-refractivity contribution >= 4 is 108 Å². The van der Waals surface area contributed by atoms with E-state index in [4.69, 9.17) is 0 Å². The minimum atomic E-state index is 1.30. The molecule has 276 valence electrons. The number of fused-ring (bicyclic) bond motifs is 10. The molecule has 0 unspecified atom stereocenters. The molecule has 0 bridgehead atoms. The molecule has 12 aromatic rings. The van der Waals surface area contributed by atoms with Gasteiger partial charge in [-0.25, -0.2) is 0 Å². The molecular formula is C58H44. The lowest BCUT2D eigenvalue weighted by Crippen LogP contribution is -1.86. The Balaban J connectivity index is 0.000000133. The molecule has 0 aliphatic carbocycles. The van der Waals surface area contributed by atoms with Crippen LogP contribution in [-0.2, 0) is 0 Å². The van der Waals surface area contributed by atoms with E-state index >= 15 is 0 Å². The zero-order valence-corrected chi connectivity index (χ0v) is 34.0. The van der Waals surface area contributed by atoms with Crippen LogP contribution in [0, 0.1) is 41.5 Å². The Morgan fingerprint density at radius 1 is 0.172 bits per heavy atom. The zero-order valence-electron chi connectivity index (χ0n) is 34.0. The van der Waals surface area contributed by atoms with Gasteiger partial charge in [-0.2, -0.15) is 0 Å². The van der Waals surface area contributed by atoms with Crippen LogP contribution in [0.5, 0.6) is 0 Å². The van der Waals surface area contributed by atoms with Crippen LogP contribution in [0.25, 0.3) is 108 Å². The fourth-order valence-corrected chi connectivity index (χ4v) is 9.59. The predicted molar refractivity (Wildman–Crippen MR) is 256 cm³/mol. The van der Waals surface area contributed by atoms with Crippen molar-refractivity contribution in [1.82, 2.24) is 0 Å². The van der Waals surface area contributed by atoms with Crippen LogP contribution in [0.4, 0.5) is 0 Å². The van der Waals surface area contributed by atoms with Crippen molar-refractivity contribution in [2.45, 2.75) is 41.5 Å². The van der Waals surface area contributed by atoms with Gasteiger partial charge in [-0.3, -0.25) is 0 Å². The second-order valence-electron chi connectivity index (χ2n) is 17.0. The van der Waals surface area contributed by atoms with Gasteiger partial charge in [-0.05, 0) is 280 Å². The molecule has 12 aromatic carbocycles. The van der Waals surface area contributed by atoms with Gasteiger partial charge in [0.05, 0.1) is 0 Å². The monoisotopic (exact) mass is 740 g/mol. The number of benzene rings is 12. The Kier molecular flexibility index (Phi) is 7.66. The first-order valence-corrected chi connectivity index (χ1v) is 20.5. The molecule has 0 heterocycles. The molecule has 12 rings (SSSR count). The molecule has 0 N–H and O–H groups in total. The van der Waals surface area contributed by atoms with Gasteiger partial charge in [0.1, 0.15) is 0 Å². The third-order valence-corrected chi connectivity index (χ3v) is 13.1. The van der Waals surface area contributed by atoms with Gasteiger partial charge in [0.2, 0.25) is 0 Å². The Bertz CT molecular complexity index is 3360. The van der Waals surface area contributed by atoms with E-state index in [-0.39, 0.29) is 0 Å². The summed E-state index contributed by atoms with van der Waals surface area (Å²) in [7, 11) is 0. The quantitative estimate of drug-likeness (QED) is 0.136. The van der Waals surface area contributed by atoms with Crippen molar-refractivity contribution in [1.29, 1.82) is 0 Å². The van der Waals surface area contributed by atoms with Crippen molar-refractivity contribution < 1.29 is 0 Å². The largest absolute Gasteiger partial charge is 0.0616 e. The summed E-state index contributed by atoms with van der Waals surface area (Å²) >= 11 is 0. The van der Waals surface area contributed by atoms with Crippen LogP contribution < -0.4 is 0 Å². The maximum Gasteiger partial charge on any atom is -0.0146 e. The average molecular weight is 741 g/mol. The Morgan fingerprint density at radius 2 is 0.328 bits per heavy atom. The lowest BCUT2D eigenvalue weighted by Gasteiger charge is -2.11. The number of hydrogen-bond acceptors (Lipinski definition) is 0. The molecule has 0 nitrogen and oxygen atoms in total. The second kappa shape index (κ2) is 12.9. The lowest BCUT2D eigenvalue weighted by molar-refractivity contribution is 1.47. The van der Waals surface area contributed by atoms with Gasteiger partial charge in [-0.15, -0.1) is 0 Å². The molecule has 0 aliphatic rings. The highest BCUT2D eigenvalue weighted by Gasteiger charge is 2.10. The molecule has 0 saturated heterocycles. The maximum atomic E-state index is 2.37. The summed E-state index contributed by atoms with van der Waals surface area (Å²) in [4.78, 5) is 0. The molecule has 0 spiro atoms. The highest BCUT2D eigenvalue weighted by molar-refractivity contribution is 6.13. The highest BCUT2D eigenvalue weighted by atomic mass is 14.1. The first kappa shape index (κ1) is 34.5. The summed E-state index contributed by atoms with van der Waals surface area (Å²) in [5, 5.41) is 26.5. The molecule has 0 amide bonds. The fraction of sp³-hybridized carbons (Fsp3) is 0.103. The van der Waals surface area contributed by atoms with Gasteiger partial charge in [0.15, 0.2) is 0 Å². The van der Waals surface area contributed by atoms with Gasteiger partial charge >= 0.3 is 0 Å². The van der Waals surface area contributed by atoms with Crippen molar-refractivity contribution in [3.8, 4) is 0 Å². The summed E-state index contributed by atoms with van der Waals surface area (Å²) in [6.07, 6.45) is 0. The van der Waals surface area contributed by atoms with Crippen LogP contribution in [0.3, 0.4) is 0 Å². The van der Waals surface area contributed by atoms with Gasteiger partial charge in [0.25, 0.3) is 0 Å². The molecule has 0 aromatic heterocycles. The molecule has 0 heteroatoms. The van der Waals surface area contributed by atoms with Crippen molar-refractivity contribution in [3.63, 3.8) is 0 Å². The standard InChI is InChI=1S/C30H24.C28H20/c1-17-5-6-18(2)28-14-24-10-22-12-26-16-30-20(4)8-7-19(3)29(30)15-25(26)11-21(22)9-23(24)13-27(17)28;1-17-7-8-18(2)28-16-26-14-24-12-22-10-20-6-4-3-5-19(20)9-21(22)11-23(24)13-25(26)15-27(17)28/h5-16H,1-4H3;3-16H,1-2H3. The Hall–Kier alpha value is -6.76. The van der Waals surface area contributed by atoms with E-state index in [9.17, 15) is 0 Å². The van der Waals surface area contributed by atoms with E-state index < -0.39 is 0 Å². The zero-order chi connectivity index (χ0) is 39.4. The van der Waals surface area contributed by atoms with Crippen LogP contribution in [0.15, 0.2) is 158 Å². The van der Waals surface area contributed by atoms with Gasteiger partial charge in [0, 0.05) is 0 Å². The molecule has 0 atom stereocenters. The van der Waals surface area contributed by atoms with Gasteiger partial charge < -0.3 is 0 Å². The van der Waals surface area contributed by atoms with Crippen molar-refractivity contribution in [2.24, 2.45) is 0 Å². The van der Waals surface area contributed by atoms with E-state index in [1.165, 1.54) is 141 Å². The summed E-state index contributed by atoms with van der Waals surface area (Å²) in [5.74, 6) is 0. The predicted octanol–water partition coefficient (Wildman–Crippen LogP) is 16.8.